The zero-order chi connectivity index (χ0) is 23.4. The number of nitrogens with zero attached hydrogens (tertiary/aromatic N) is 3. The topological polar surface area (TPSA) is 89.0 Å². The molecule has 0 aliphatic heterocycles. The van der Waals surface area contributed by atoms with Crippen LogP contribution in [0.4, 0.5) is 14.6 Å². The normalized spacial score (nSPS) is 10.8. The Morgan fingerprint density at radius 3 is 2.45 bits per heavy atom. The second-order valence-electron chi connectivity index (χ2n) is 7.25. The molecule has 2 N–H and O–H groups in total. The van der Waals surface area contributed by atoms with Gasteiger partial charge in [-0.2, -0.15) is 0 Å². The average molecular weight is 449 g/mol. The zero-order valence-corrected chi connectivity index (χ0v) is 18.0. The van der Waals surface area contributed by atoms with E-state index >= 15 is 0 Å². The molecule has 0 unspecified atom stereocenters. The number of aromatic nitrogens is 3. The fourth-order valence-corrected chi connectivity index (χ4v) is 3.40. The Bertz CT molecular complexity index is 1300. The minimum Gasteiger partial charge on any atom is -0.489 e. The number of halogens is 2. The molecule has 4 rings (SSSR count). The molecule has 1 amide bonds. The summed E-state index contributed by atoms with van der Waals surface area (Å²) in [7, 11) is 1.72. The number of nitrogens with one attached hydrogen (secondary N) is 2. The van der Waals surface area contributed by atoms with E-state index in [0.717, 1.165) is 11.6 Å². The van der Waals surface area contributed by atoms with Gasteiger partial charge in [0.15, 0.2) is 5.82 Å². The Kier molecular flexibility index (Phi) is 6.39. The van der Waals surface area contributed by atoms with Crippen LogP contribution in [0.5, 0.6) is 5.75 Å². The van der Waals surface area contributed by atoms with Gasteiger partial charge in [0.2, 0.25) is 5.91 Å². The van der Waals surface area contributed by atoms with Crippen molar-refractivity contribution in [3.05, 3.63) is 66.5 Å². The molecule has 7 nitrogen and oxygen atoms in total. The maximum absolute atomic E-state index is 13.9. The monoisotopic (exact) mass is 449 g/mol. The molecule has 0 aliphatic carbocycles. The fourth-order valence-electron chi connectivity index (χ4n) is 3.40. The number of fused-ring (bicyclic) bond motifs is 1. The third-order valence-electron chi connectivity index (χ3n) is 4.85. The molecule has 0 spiro atoms. The molecule has 33 heavy (non-hydrogen) atoms. The quantitative estimate of drug-likeness (QED) is 0.411. The second-order valence-corrected chi connectivity index (χ2v) is 7.25. The third-order valence-corrected chi connectivity index (χ3v) is 4.85. The first kappa shape index (κ1) is 22.1. The van der Waals surface area contributed by atoms with Crippen molar-refractivity contribution in [3.63, 3.8) is 0 Å². The van der Waals surface area contributed by atoms with Gasteiger partial charge in [-0.05, 0) is 47.5 Å². The fraction of sp³-hybridized carbons (Fsp3) is 0.167. The van der Waals surface area contributed by atoms with E-state index in [0.29, 0.717) is 39.4 Å². The van der Waals surface area contributed by atoms with Crippen LogP contribution in [-0.4, -0.2) is 41.1 Å². The number of carbonyl (C=O) groups excluding carboxylic acids is 1. The van der Waals surface area contributed by atoms with Crippen molar-refractivity contribution in [1.29, 1.82) is 0 Å². The number of anilines is 1. The van der Waals surface area contributed by atoms with E-state index in [2.05, 4.69) is 25.6 Å². The molecule has 0 fully saturated rings. The van der Waals surface area contributed by atoms with Crippen LogP contribution in [0.1, 0.15) is 6.92 Å². The van der Waals surface area contributed by atoms with Crippen LogP contribution in [0.15, 0.2) is 54.9 Å². The van der Waals surface area contributed by atoms with Gasteiger partial charge in [-0.1, -0.05) is 0 Å². The number of amides is 1. The lowest BCUT2D eigenvalue weighted by Gasteiger charge is -2.15. The van der Waals surface area contributed by atoms with Crippen molar-refractivity contribution in [2.45, 2.75) is 6.92 Å². The van der Waals surface area contributed by atoms with E-state index in [1.165, 1.54) is 19.1 Å². The van der Waals surface area contributed by atoms with Crippen LogP contribution in [0.2, 0.25) is 0 Å². The van der Waals surface area contributed by atoms with E-state index in [1.807, 2.05) is 6.07 Å². The highest BCUT2D eigenvalue weighted by Crippen LogP contribution is 2.36. The van der Waals surface area contributed by atoms with Gasteiger partial charge in [-0.3, -0.25) is 9.78 Å². The highest BCUT2D eigenvalue weighted by molar-refractivity contribution is 5.97. The van der Waals surface area contributed by atoms with Crippen LogP contribution in [0.25, 0.3) is 33.4 Å². The van der Waals surface area contributed by atoms with E-state index < -0.39 is 11.6 Å². The Labute approximate surface area is 188 Å². The Hall–Kier alpha value is -4.14. The van der Waals surface area contributed by atoms with E-state index in [1.54, 1.807) is 37.6 Å². The molecular formula is C24H21F2N5O2. The largest absolute Gasteiger partial charge is 0.489 e. The molecule has 2 heterocycles. The lowest BCUT2D eigenvalue weighted by atomic mass is 10.0. The molecule has 0 saturated carbocycles. The van der Waals surface area contributed by atoms with Crippen LogP contribution in [-0.2, 0) is 4.79 Å². The van der Waals surface area contributed by atoms with Gasteiger partial charge < -0.3 is 15.4 Å². The number of hydrogen-bond donors (Lipinski definition) is 2. The van der Waals surface area contributed by atoms with Crippen LogP contribution >= 0.6 is 0 Å². The number of pyridine rings is 1. The molecule has 0 radical (unpaired) electrons. The van der Waals surface area contributed by atoms with E-state index in [4.69, 9.17) is 4.74 Å². The molecule has 0 saturated heterocycles. The van der Waals surface area contributed by atoms with Gasteiger partial charge in [0, 0.05) is 43.4 Å². The predicted molar refractivity (Wildman–Crippen MR) is 122 cm³/mol. The third kappa shape index (κ3) is 5.03. The van der Waals surface area contributed by atoms with Gasteiger partial charge in [-0.25, -0.2) is 18.7 Å². The summed E-state index contributed by atoms with van der Waals surface area (Å²) in [5.41, 5.74) is 2.11. The molecule has 0 aliphatic rings. The Balaban J connectivity index is 1.88. The van der Waals surface area contributed by atoms with Gasteiger partial charge in [0.05, 0.1) is 6.54 Å². The number of ether oxygens (including phenoxy) is 1. The SMILES string of the molecule is CNc1nc(-c2cccnc2)nc2c(OCCNC(C)=O)cc(-c3cc(F)cc(F)c3)cc12. The molecule has 0 atom stereocenters. The summed E-state index contributed by atoms with van der Waals surface area (Å²) in [6, 6.07) is 10.4. The van der Waals surface area contributed by atoms with Gasteiger partial charge in [0.25, 0.3) is 0 Å². The first-order valence-electron chi connectivity index (χ1n) is 10.2. The minimum absolute atomic E-state index is 0.175. The molecule has 0 bridgehead atoms. The molecule has 168 valence electrons. The minimum atomic E-state index is -0.685. The van der Waals surface area contributed by atoms with Gasteiger partial charge in [0.1, 0.15) is 35.3 Å². The summed E-state index contributed by atoms with van der Waals surface area (Å²) in [4.78, 5) is 24.6. The van der Waals surface area contributed by atoms with Gasteiger partial charge >= 0.3 is 0 Å². The zero-order valence-electron chi connectivity index (χ0n) is 18.0. The van der Waals surface area contributed by atoms with Crippen LogP contribution in [0, 0.1) is 11.6 Å². The predicted octanol–water partition coefficient (Wildman–Crippen LogP) is 4.19. The van der Waals surface area contributed by atoms with Crippen molar-refractivity contribution in [2.24, 2.45) is 0 Å². The number of benzene rings is 2. The maximum atomic E-state index is 13.9. The lowest BCUT2D eigenvalue weighted by Crippen LogP contribution is -2.25. The smallest absolute Gasteiger partial charge is 0.216 e. The lowest BCUT2D eigenvalue weighted by molar-refractivity contribution is -0.119. The van der Waals surface area contributed by atoms with Gasteiger partial charge in [-0.15, -0.1) is 0 Å². The molecule has 2 aromatic carbocycles. The number of carbonyl (C=O) groups is 1. The van der Waals surface area contributed by atoms with Crippen molar-refractivity contribution in [1.82, 2.24) is 20.3 Å². The standard InChI is InChI=1S/C24H21F2N5O2/c1-14(32)29-6-7-33-21-11-17(16-8-18(25)12-19(26)9-16)10-20-22(21)30-23(31-24(20)27-2)15-4-3-5-28-13-15/h3-5,8-13H,6-7H2,1-2H3,(H,29,32)(H,27,30,31). The molecule has 9 heteroatoms. The summed E-state index contributed by atoms with van der Waals surface area (Å²) in [5.74, 6) is -0.196. The summed E-state index contributed by atoms with van der Waals surface area (Å²) >= 11 is 0. The number of rotatable bonds is 7. The average Bonchev–Trinajstić information content (AvgIpc) is 2.80. The first-order chi connectivity index (χ1) is 15.9. The Morgan fingerprint density at radius 2 is 1.79 bits per heavy atom. The first-order valence-corrected chi connectivity index (χ1v) is 10.2. The van der Waals surface area contributed by atoms with Crippen molar-refractivity contribution < 1.29 is 18.3 Å². The highest BCUT2D eigenvalue weighted by Gasteiger charge is 2.16. The maximum Gasteiger partial charge on any atom is 0.216 e. The second kappa shape index (κ2) is 9.56. The van der Waals surface area contributed by atoms with Crippen LogP contribution < -0.4 is 15.4 Å². The van der Waals surface area contributed by atoms with Crippen LogP contribution in [0.3, 0.4) is 0 Å². The highest BCUT2D eigenvalue weighted by atomic mass is 19.1. The van der Waals surface area contributed by atoms with Crippen molar-refractivity contribution >= 4 is 22.6 Å². The summed E-state index contributed by atoms with van der Waals surface area (Å²) in [6.45, 7) is 1.88. The Morgan fingerprint density at radius 1 is 1.03 bits per heavy atom. The van der Waals surface area contributed by atoms with E-state index in [9.17, 15) is 13.6 Å². The van der Waals surface area contributed by atoms with E-state index in [-0.39, 0.29) is 19.1 Å². The summed E-state index contributed by atoms with van der Waals surface area (Å²) < 4.78 is 33.7. The van der Waals surface area contributed by atoms with Crippen molar-refractivity contribution in [3.8, 4) is 28.3 Å². The molecule has 2 aromatic heterocycles. The summed E-state index contributed by atoms with van der Waals surface area (Å²) in [5, 5.41) is 6.34. The summed E-state index contributed by atoms with van der Waals surface area (Å²) in [6.07, 6.45) is 3.31. The molecule has 4 aromatic rings. The number of hydrogen-bond acceptors (Lipinski definition) is 6. The molecular weight excluding hydrogens is 428 g/mol. The van der Waals surface area contributed by atoms with Crippen molar-refractivity contribution in [2.75, 3.05) is 25.5 Å².